The number of unbranched alkanes of at least 4 members (excludes halogenated alkanes) is 14. The molecule has 0 aromatic heterocycles. The molecule has 0 heterocycles. The Kier molecular flexibility index (Phi) is 21.7. The third-order valence-corrected chi connectivity index (χ3v) is 7.99. The predicted molar refractivity (Wildman–Crippen MR) is 152 cm³/mol. The van der Waals surface area contributed by atoms with Crippen LogP contribution in [0.15, 0.2) is 35.2 Å². The SMILES string of the molecule is C=O.CCCCCCCCCCc1cc2ccccc2c(S(=O)(=O)[O-])c1CCCCCCCCCC.[Na+]. The number of aryl methyl sites for hydroxylation is 1. The normalized spacial score (nSPS) is 11.1. The van der Waals surface area contributed by atoms with E-state index in [1.54, 1.807) is 6.07 Å². The van der Waals surface area contributed by atoms with E-state index >= 15 is 0 Å². The summed E-state index contributed by atoms with van der Waals surface area (Å²) >= 11 is 0. The second-order valence-electron chi connectivity index (χ2n) is 9.97. The van der Waals surface area contributed by atoms with Gasteiger partial charge < -0.3 is 9.35 Å². The van der Waals surface area contributed by atoms with E-state index in [4.69, 9.17) is 4.79 Å². The van der Waals surface area contributed by atoms with Gasteiger partial charge in [0.15, 0.2) is 0 Å². The van der Waals surface area contributed by atoms with Gasteiger partial charge in [0, 0.05) is 0 Å². The fraction of sp³-hybridized carbons (Fsp3) is 0.645. The Labute approximate surface area is 249 Å². The standard InChI is InChI=1S/C30H48O3S.CH2O.Na/c1-3-5-7-9-11-13-15-17-21-26-25-27-22-19-20-24-29(27)30(34(31,32)33)28(26)23-18-16-14-12-10-8-6-4-2;1-2;/h19-20,22,24-25H,3-18,21,23H2,1-2H3,(H,31,32,33);1H2;/q;;+1/p-1. The summed E-state index contributed by atoms with van der Waals surface area (Å²) in [6.07, 6.45) is 21.1. The molecule has 0 saturated carbocycles. The van der Waals surface area contributed by atoms with Gasteiger partial charge in [0.25, 0.3) is 0 Å². The van der Waals surface area contributed by atoms with Crippen LogP contribution >= 0.6 is 0 Å². The second-order valence-corrected chi connectivity index (χ2v) is 11.3. The van der Waals surface area contributed by atoms with Crippen LogP contribution in [0.5, 0.6) is 0 Å². The third-order valence-electron chi connectivity index (χ3n) is 7.03. The molecule has 0 fully saturated rings. The van der Waals surface area contributed by atoms with Crippen molar-refractivity contribution in [3.8, 4) is 0 Å². The molecule has 37 heavy (non-hydrogen) atoms. The Morgan fingerprint density at radius 1 is 0.676 bits per heavy atom. The molecule has 0 unspecified atom stereocenters. The van der Waals surface area contributed by atoms with Crippen molar-refractivity contribution in [3.05, 3.63) is 41.5 Å². The van der Waals surface area contributed by atoms with Crippen molar-refractivity contribution in [2.24, 2.45) is 0 Å². The van der Waals surface area contributed by atoms with Crippen molar-refractivity contribution in [2.75, 3.05) is 0 Å². The van der Waals surface area contributed by atoms with Crippen molar-refractivity contribution in [3.63, 3.8) is 0 Å². The van der Waals surface area contributed by atoms with Gasteiger partial charge in [-0.2, -0.15) is 0 Å². The molecule has 0 N–H and O–H groups in total. The average molecular weight is 541 g/mol. The Hall–Kier alpha value is -0.720. The van der Waals surface area contributed by atoms with E-state index in [1.165, 1.54) is 77.0 Å². The molecule has 0 aliphatic carbocycles. The molecule has 2 rings (SSSR count). The Morgan fingerprint density at radius 3 is 1.59 bits per heavy atom. The number of carbonyl (C=O) groups is 1. The van der Waals surface area contributed by atoms with E-state index in [9.17, 15) is 13.0 Å². The molecule has 0 radical (unpaired) electrons. The molecule has 4 nitrogen and oxygen atoms in total. The minimum absolute atomic E-state index is 0. The Balaban J connectivity index is 0.00000421. The van der Waals surface area contributed by atoms with Gasteiger partial charge in [-0.1, -0.05) is 134 Å². The maximum Gasteiger partial charge on any atom is 1.00 e. The van der Waals surface area contributed by atoms with Gasteiger partial charge in [0.1, 0.15) is 16.9 Å². The van der Waals surface area contributed by atoms with Gasteiger partial charge in [-0.05, 0) is 47.6 Å². The molecule has 0 amide bonds. The van der Waals surface area contributed by atoms with E-state index < -0.39 is 10.1 Å². The fourth-order valence-corrected chi connectivity index (χ4v) is 6.07. The summed E-state index contributed by atoms with van der Waals surface area (Å²) in [5.74, 6) is 0. The Morgan fingerprint density at radius 2 is 1.11 bits per heavy atom. The first kappa shape index (κ1) is 36.3. The minimum atomic E-state index is -4.54. The van der Waals surface area contributed by atoms with Crippen molar-refractivity contribution in [1.82, 2.24) is 0 Å². The molecule has 0 bridgehead atoms. The first-order chi connectivity index (χ1) is 17.5. The van der Waals surface area contributed by atoms with Crippen LogP contribution in [0.1, 0.15) is 128 Å². The number of benzene rings is 2. The summed E-state index contributed by atoms with van der Waals surface area (Å²) < 4.78 is 37.2. The number of hydrogen-bond acceptors (Lipinski definition) is 4. The second kappa shape index (κ2) is 22.1. The van der Waals surface area contributed by atoms with Crippen LogP contribution < -0.4 is 29.6 Å². The van der Waals surface area contributed by atoms with Crippen molar-refractivity contribution in [2.45, 2.75) is 134 Å². The molecule has 2 aromatic rings. The first-order valence-electron chi connectivity index (χ1n) is 14.3. The number of rotatable bonds is 19. The minimum Gasteiger partial charge on any atom is -0.744 e. The zero-order valence-electron chi connectivity index (χ0n) is 23.9. The predicted octanol–water partition coefficient (Wildman–Crippen LogP) is 5.93. The topological polar surface area (TPSA) is 74.3 Å². The summed E-state index contributed by atoms with van der Waals surface area (Å²) in [4.78, 5) is 8.04. The first-order valence-corrected chi connectivity index (χ1v) is 15.7. The van der Waals surface area contributed by atoms with Gasteiger partial charge in [0.2, 0.25) is 0 Å². The zero-order chi connectivity index (χ0) is 26.7. The van der Waals surface area contributed by atoms with Gasteiger partial charge >= 0.3 is 29.6 Å². The van der Waals surface area contributed by atoms with Crippen molar-refractivity contribution in [1.29, 1.82) is 0 Å². The molecule has 0 saturated heterocycles. The smallest absolute Gasteiger partial charge is 0.744 e. The van der Waals surface area contributed by atoms with Crippen molar-refractivity contribution >= 4 is 27.7 Å². The van der Waals surface area contributed by atoms with Crippen LogP contribution in [0.25, 0.3) is 10.8 Å². The molecule has 204 valence electrons. The largest absolute Gasteiger partial charge is 1.00 e. The van der Waals surface area contributed by atoms with E-state index in [0.29, 0.717) is 11.8 Å². The summed E-state index contributed by atoms with van der Waals surface area (Å²) in [5, 5.41) is 1.46. The van der Waals surface area contributed by atoms with Crippen LogP contribution in [0, 0.1) is 0 Å². The van der Waals surface area contributed by atoms with E-state index in [2.05, 4.69) is 19.9 Å². The molecule has 0 aliphatic heterocycles. The summed E-state index contributed by atoms with van der Waals surface area (Å²) in [6, 6.07) is 9.61. The van der Waals surface area contributed by atoms with Crippen LogP contribution in [-0.2, 0) is 27.8 Å². The van der Waals surface area contributed by atoms with Gasteiger partial charge in [-0.15, -0.1) is 0 Å². The van der Waals surface area contributed by atoms with Crippen LogP contribution in [-0.4, -0.2) is 19.8 Å². The van der Waals surface area contributed by atoms with Crippen molar-refractivity contribution < 1.29 is 47.3 Å². The summed E-state index contributed by atoms with van der Waals surface area (Å²) in [6.45, 7) is 6.47. The van der Waals surface area contributed by atoms with Crippen LogP contribution in [0.4, 0.5) is 0 Å². The Bertz CT molecular complexity index is 959. The summed E-state index contributed by atoms with van der Waals surface area (Å²) in [5.41, 5.74) is 1.87. The molecule has 0 spiro atoms. The fourth-order valence-electron chi connectivity index (χ4n) is 5.08. The molecule has 2 aromatic carbocycles. The molecular formula is C31H49NaO4S. The number of fused-ring (bicyclic) bond motifs is 1. The maximum atomic E-state index is 12.4. The molecule has 0 atom stereocenters. The number of carbonyl (C=O) groups excluding carboxylic acids is 1. The van der Waals surface area contributed by atoms with Gasteiger partial charge in [0.05, 0.1) is 4.90 Å². The summed E-state index contributed by atoms with van der Waals surface area (Å²) in [7, 11) is -4.54. The monoisotopic (exact) mass is 540 g/mol. The number of hydrogen-bond donors (Lipinski definition) is 0. The maximum absolute atomic E-state index is 12.4. The van der Waals surface area contributed by atoms with Crippen LogP contribution in [0.3, 0.4) is 0 Å². The van der Waals surface area contributed by atoms with Crippen LogP contribution in [0.2, 0.25) is 0 Å². The molecule has 0 aliphatic rings. The molecular weight excluding hydrogens is 491 g/mol. The quantitative estimate of drug-likeness (QED) is 0.126. The molecule has 6 heteroatoms. The van der Waals surface area contributed by atoms with E-state index in [-0.39, 0.29) is 34.5 Å². The van der Waals surface area contributed by atoms with E-state index in [1.807, 2.05) is 25.0 Å². The third kappa shape index (κ3) is 14.3. The van der Waals surface area contributed by atoms with E-state index in [0.717, 1.165) is 48.6 Å². The zero-order valence-corrected chi connectivity index (χ0v) is 26.7. The van der Waals surface area contributed by atoms with Gasteiger partial charge in [-0.3, -0.25) is 0 Å². The van der Waals surface area contributed by atoms with Gasteiger partial charge in [-0.25, -0.2) is 8.42 Å². The average Bonchev–Trinajstić information content (AvgIpc) is 2.87.